The molecule has 0 saturated carbocycles. The molecule has 1 aliphatic rings. The van der Waals surface area contributed by atoms with Gasteiger partial charge in [0, 0.05) is 87.3 Å². The minimum Gasteiger partial charge on any atom is -0.369 e. The maximum Gasteiger partial charge on any atom is 0.145 e. The molecule has 2 aromatic carbocycles. The third kappa shape index (κ3) is 7.99. The van der Waals surface area contributed by atoms with Gasteiger partial charge in [-0.1, -0.05) is 41.9 Å². The highest BCUT2D eigenvalue weighted by molar-refractivity contribution is 6.33. The van der Waals surface area contributed by atoms with Gasteiger partial charge in [0.05, 0.1) is 33.7 Å². The Bertz CT molecular complexity index is 1490. The molecule has 0 atom stereocenters. The Morgan fingerprint density at radius 1 is 1.10 bits per heavy atom. The van der Waals surface area contributed by atoms with Gasteiger partial charge >= 0.3 is 0 Å². The minimum absolute atomic E-state index is 0.0567. The number of aryl methyl sites for hydroxylation is 1. The van der Waals surface area contributed by atoms with Gasteiger partial charge in [-0.15, -0.1) is 0 Å². The van der Waals surface area contributed by atoms with Crippen LogP contribution in [0.25, 0.3) is 17.0 Å². The Kier molecular flexibility index (Phi) is 11.2. The number of aromatic nitrogens is 3. The second-order valence-corrected chi connectivity index (χ2v) is 11.0. The second kappa shape index (κ2) is 15.0. The first-order valence-corrected chi connectivity index (χ1v) is 14.5. The Morgan fingerprint density at radius 2 is 1.86 bits per heavy atom. The molecule has 1 fully saturated rings. The van der Waals surface area contributed by atoms with Crippen LogP contribution in [0.1, 0.15) is 17.5 Å². The largest absolute Gasteiger partial charge is 0.369 e. The lowest BCUT2D eigenvalue weighted by molar-refractivity contribution is 0.164. The summed E-state index contributed by atoms with van der Waals surface area (Å²) in [5.41, 5.74) is 7.05. The van der Waals surface area contributed by atoms with Gasteiger partial charge in [-0.25, -0.2) is 4.39 Å². The van der Waals surface area contributed by atoms with Crippen molar-refractivity contribution in [1.29, 1.82) is 5.26 Å². The number of rotatable bonds is 10. The number of hydrogen-bond acceptors (Lipinski definition) is 7. The van der Waals surface area contributed by atoms with Crippen molar-refractivity contribution >= 4 is 34.6 Å². The van der Waals surface area contributed by atoms with Crippen molar-refractivity contribution in [2.24, 2.45) is 0 Å². The van der Waals surface area contributed by atoms with Gasteiger partial charge < -0.3 is 9.80 Å². The molecule has 2 heterocycles. The normalized spacial score (nSPS) is 13.5. The van der Waals surface area contributed by atoms with Crippen molar-refractivity contribution in [3.05, 3.63) is 94.9 Å². The Morgan fingerprint density at radius 3 is 2.57 bits per heavy atom. The zero-order valence-electron chi connectivity index (χ0n) is 23.9. The molecule has 1 saturated heterocycles. The van der Waals surface area contributed by atoms with E-state index < -0.39 is 5.82 Å². The van der Waals surface area contributed by atoms with Crippen molar-refractivity contribution in [2.75, 3.05) is 58.8 Å². The monoisotopic (exact) mass is 608 g/mol. The van der Waals surface area contributed by atoms with Crippen LogP contribution in [0.5, 0.6) is 0 Å². The molecule has 11 heteroatoms. The van der Waals surface area contributed by atoms with E-state index in [1.807, 2.05) is 24.3 Å². The van der Waals surface area contributed by atoms with Gasteiger partial charge in [0.2, 0.25) is 0 Å². The van der Waals surface area contributed by atoms with Crippen LogP contribution in [0.4, 0.5) is 10.1 Å². The fourth-order valence-corrected chi connectivity index (χ4v) is 5.24. The average molecular weight is 610 g/mol. The number of halogens is 3. The van der Waals surface area contributed by atoms with Gasteiger partial charge in [0.1, 0.15) is 5.82 Å². The fourth-order valence-electron chi connectivity index (χ4n) is 4.67. The molecule has 0 bridgehead atoms. The maximum atomic E-state index is 15.2. The predicted molar refractivity (Wildman–Crippen MR) is 168 cm³/mol. The average Bonchev–Trinajstić information content (AvgIpc) is 3.09. The molecule has 1 N–H and O–H groups in total. The lowest BCUT2D eigenvalue weighted by Crippen LogP contribution is -2.47. The van der Waals surface area contributed by atoms with Crippen LogP contribution in [0, 0.1) is 17.1 Å². The van der Waals surface area contributed by atoms with E-state index in [-0.39, 0.29) is 17.9 Å². The number of nitrogens with one attached hydrogen (secondary N) is 1. The highest BCUT2D eigenvalue weighted by Crippen LogP contribution is 2.33. The SMILES string of the molecule is C=C(c1ccc(Nn2ccnccncc2-c2ccc(CCC#N)c(F)c2Cl)cc1Cl)N1CCN(CCN(C)C)CC1. The number of nitrogens with zero attached hydrogens (tertiary/aromatic N) is 7. The van der Waals surface area contributed by atoms with E-state index in [1.165, 1.54) is 6.20 Å². The topological polar surface area (TPSA) is 76.2 Å². The van der Waals surface area contributed by atoms with Crippen LogP contribution in [-0.4, -0.2) is 82.7 Å². The maximum absolute atomic E-state index is 15.2. The second-order valence-electron chi connectivity index (χ2n) is 10.2. The summed E-state index contributed by atoms with van der Waals surface area (Å²) in [6, 6.07) is 11.1. The van der Waals surface area contributed by atoms with E-state index >= 15 is 4.39 Å². The van der Waals surface area contributed by atoms with Gasteiger partial charge in [0.15, 0.2) is 0 Å². The van der Waals surface area contributed by atoms with Crippen LogP contribution >= 0.6 is 23.2 Å². The third-order valence-electron chi connectivity index (χ3n) is 7.09. The van der Waals surface area contributed by atoms with E-state index in [2.05, 4.69) is 50.8 Å². The van der Waals surface area contributed by atoms with Crippen molar-refractivity contribution in [2.45, 2.75) is 12.8 Å². The molecule has 42 heavy (non-hydrogen) atoms. The number of anilines is 1. The fraction of sp³-hybridized carbons (Fsp3) is 0.323. The zero-order chi connectivity index (χ0) is 30.1. The van der Waals surface area contributed by atoms with E-state index in [1.54, 1.807) is 41.6 Å². The number of nitriles is 1. The molecule has 220 valence electrons. The summed E-state index contributed by atoms with van der Waals surface area (Å²) in [4.78, 5) is 15.4. The van der Waals surface area contributed by atoms with E-state index in [0.29, 0.717) is 27.5 Å². The first-order chi connectivity index (χ1) is 20.3. The highest BCUT2D eigenvalue weighted by Gasteiger charge is 2.20. The van der Waals surface area contributed by atoms with E-state index in [0.717, 1.165) is 50.5 Å². The summed E-state index contributed by atoms with van der Waals surface area (Å²) in [5.74, 6) is -0.557. The van der Waals surface area contributed by atoms with Crippen molar-refractivity contribution < 1.29 is 4.39 Å². The lowest BCUT2D eigenvalue weighted by Gasteiger charge is -2.37. The lowest BCUT2D eigenvalue weighted by atomic mass is 10.0. The van der Waals surface area contributed by atoms with Crippen LogP contribution < -0.4 is 5.43 Å². The molecule has 8 nitrogen and oxygen atoms in total. The van der Waals surface area contributed by atoms with E-state index in [9.17, 15) is 0 Å². The first kappa shape index (κ1) is 31.3. The zero-order valence-corrected chi connectivity index (χ0v) is 25.4. The summed E-state index contributed by atoms with van der Waals surface area (Å²) in [7, 11) is 4.18. The number of benzene rings is 2. The molecule has 0 unspecified atom stereocenters. The Labute approximate surface area is 256 Å². The van der Waals surface area contributed by atoms with Gasteiger partial charge in [-0.3, -0.25) is 25.0 Å². The minimum atomic E-state index is -0.557. The van der Waals surface area contributed by atoms with Crippen molar-refractivity contribution in [3.8, 4) is 17.3 Å². The van der Waals surface area contributed by atoms with Gasteiger partial charge in [0.25, 0.3) is 0 Å². The van der Waals surface area contributed by atoms with Crippen LogP contribution in [0.15, 0.2) is 67.9 Å². The number of hydrogen-bond donors (Lipinski definition) is 1. The van der Waals surface area contributed by atoms with Crippen molar-refractivity contribution in [1.82, 2.24) is 29.3 Å². The molecular weight excluding hydrogens is 574 g/mol. The Hall–Kier alpha value is -3.68. The molecule has 4 rings (SSSR count). The molecule has 1 aromatic heterocycles. The smallest absolute Gasteiger partial charge is 0.145 e. The highest BCUT2D eigenvalue weighted by atomic mass is 35.5. The molecule has 3 aromatic rings. The summed E-state index contributed by atoms with van der Waals surface area (Å²) < 4.78 is 16.8. The molecule has 1 aliphatic heterocycles. The summed E-state index contributed by atoms with van der Waals surface area (Å²) in [6.45, 7) is 10.2. The standard InChI is InChI=1S/C31H35Cl2FN8/c1-23(41-19-17-40(18-20-41)16-15-39(2)3)26-9-7-25(21-28(26)32)38-42-14-13-36-11-12-37-22-29(42)27-8-6-24(5-4-10-35)31(34)30(27)33/h6-9,11-14,21-22,38H,1,4-5,15-20H2,2-3H3. The predicted octanol–water partition coefficient (Wildman–Crippen LogP) is 6.00. The quantitative estimate of drug-likeness (QED) is 0.302. The first-order valence-electron chi connectivity index (χ1n) is 13.7. The number of piperazine rings is 1. The summed E-state index contributed by atoms with van der Waals surface area (Å²) >= 11 is 13.3. The molecule has 0 aliphatic carbocycles. The van der Waals surface area contributed by atoms with Gasteiger partial charge in [-0.05, 0) is 44.3 Å². The molecular formula is C31H35Cl2FN8. The van der Waals surface area contributed by atoms with Gasteiger partial charge in [-0.2, -0.15) is 5.26 Å². The molecule has 0 radical (unpaired) electrons. The summed E-state index contributed by atoms with van der Waals surface area (Å²) in [5, 5.41) is 9.40. The van der Waals surface area contributed by atoms with Crippen molar-refractivity contribution in [3.63, 3.8) is 0 Å². The molecule has 0 spiro atoms. The van der Waals surface area contributed by atoms with Crippen LogP contribution in [0.2, 0.25) is 10.0 Å². The Balaban J connectivity index is 1.58. The molecule has 0 amide bonds. The third-order valence-corrected chi connectivity index (χ3v) is 7.77. The van der Waals surface area contributed by atoms with E-state index in [4.69, 9.17) is 28.5 Å². The number of likely N-dealkylation sites (N-methyl/N-ethyl adjacent to an activating group) is 1. The summed E-state index contributed by atoms with van der Waals surface area (Å²) in [6.07, 6.45) is 8.38. The van der Waals surface area contributed by atoms with Crippen LogP contribution in [0.3, 0.4) is 0 Å². The van der Waals surface area contributed by atoms with Crippen LogP contribution in [-0.2, 0) is 6.42 Å².